The van der Waals surface area contributed by atoms with Crippen LogP contribution in [0, 0.1) is 11.7 Å². The van der Waals surface area contributed by atoms with Crippen LogP contribution in [0.25, 0.3) is 0 Å². The van der Waals surface area contributed by atoms with Crippen molar-refractivity contribution in [1.82, 2.24) is 15.6 Å². The molecular weight excluding hydrogens is 509 g/mol. The van der Waals surface area contributed by atoms with Gasteiger partial charge in [-0.2, -0.15) is 13.2 Å². The molecule has 1 fully saturated rings. The van der Waals surface area contributed by atoms with Crippen LogP contribution < -0.4 is 15.4 Å². The summed E-state index contributed by atoms with van der Waals surface area (Å²) in [5.41, 5.74) is 0.341. The third-order valence-corrected chi connectivity index (χ3v) is 7.47. The molecule has 1 aromatic carbocycles. The number of pyridine rings is 1. The number of nitrogens with one attached hydrogen (secondary N) is 2. The Kier molecular flexibility index (Phi) is 8.27. The molecule has 1 spiro atoms. The lowest BCUT2D eigenvalue weighted by molar-refractivity contribution is -0.186. The number of benzene rings is 1. The summed E-state index contributed by atoms with van der Waals surface area (Å²) in [6, 6.07) is 6.01. The summed E-state index contributed by atoms with van der Waals surface area (Å²) in [6.45, 7) is 2.11. The molecule has 2 heterocycles. The third-order valence-electron chi connectivity index (χ3n) is 7.47. The van der Waals surface area contributed by atoms with Crippen LogP contribution in [0.5, 0.6) is 5.88 Å². The summed E-state index contributed by atoms with van der Waals surface area (Å²) in [7, 11) is 0. The van der Waals surface area contributed by atoms with E-state index < -0.39 is 47.9 Å². The van der Waals surface area contributed by atoms with Gasteiger partial charge in [-0.15, -0.1) is 0 Å². The second kappa shape index (κ2) is 11.1. The number of ether oxygens (including phenoxy) is 1. The highest BCUT2D eigenvalue weighted by molar-refractivity contribution is 5.73. The number of carbonyl (C=O) groups is 1. The maximum atomic E-state index is 14.8. The first kappa shape index (κ1) is 28.2. The summed E-state index contributed by atoms with van der Waals surface area (Å²) >= 11 is 0. The standard InChI is InChI=1S/C27H32F5N3O3/c1-15(27(30,31)32)24(29)18-11-20-22(12-26(7-4-8-26)38-25(20)34-13-18)33-14-23(37)21(35-16(2)36)10-17-5-3-6-19(28)9-17/h3,5-6,9,11,13,15,21-24,33,37H,4,7-8,10,12,14H2,1-2H3,(H,35,36)/t15-,21+,22+,23+,24+/m1/s1. The van der Waals surface area contributed by atoms with E-state index in [9.17, 15) is 31.9 Å². The molecule has 2 aromatic rings. The molecule has 1 aromatic heterocycles. The molecule has 4 rings (SSSR count). The number of hydrogen-bond acceptors (Lipinski definition) is 5. The van der Waals surface area contributed by atoms with Crippen molar-refractivity contribution in [3.8, 4) is 5.88 Å². The topological polar surface area (TPSA) is 83.5 Å². The summed E-state index contributed by atoms with van der Waals surface area (Å²) in [5, 5.41) is 16.9. The Morgan fingerprint density at radius 3 is 2.63 bits per heavy atom. The van der Waals surface area contributed by atoms with Gasteiger partial charge in [-0.05, 0) is 49.4 Å². The Morgan fingerprint density at radius 1 is 1.29 bits per heavy atom. The Labute approximate surface area is 218 Å². The predicted octanol–water partition coefficient (Wildman–Crippen LogP) is 4.87. The highest BCUT2D eigenvalue weighted by Gasteiger charge is 2.47. The van der Waals surface area contributed by atoms with E-state index in [0.29, 0.717) is 17.5 Å². The molecule has 6 nitrogen and oxygen atoms in total. The molecule has 0 radical (unpaired) electrons. The molecule has 2 aliphatic rings. The molecule has 3 N–H and O–H groups in total. The van der Waals surface area contributed by atoms with E-state index in [2.05, 4.69) is 15.6 Å². The summed E-state index contributed by atoms with van der Waals surface area (Å²) in [5.74, 6) is -2.77. The number of aliphatic hydroxyl groups is 1. The molecule has 1 saturated carbocycles. The van der Waals surface area contributed by atoms with Gasteiger partial charge in [0.1, 0.15) is 17.6 Å². The van der Waals surface area contributed by atoms with Crippen LogP contribution in [0.4, 0.5) is 22.0 Å². The smallest absolute Gasteiger partial charge is 0.394 e. The van der Waals surface area contributed by atoms with Crippen molar-refractivity contribution >= 4 is 5.91 Å². The number of rotatable bonds is 9. The summed E-state index contributed by atoms with van der Waals surface area (Å²) in [4.78, 5) is 16.0. The van der Waals surface area contributed by atoms with Crippen LogP contribution in [-0.2, 0) is 11.2 Å². The van der Waals surface area contributed by atoms with E-state index >= 15 is 0 Å². The fourth-order valence-electron chi connectivity index (χ4n) is 5.08. The largest absolute Gasteiger partial charge is 0.471 e. The zero-order valence-electron chi connectivity index (χ0n) is 21.2. The van der Waals surface area contributed by atoms with E-state index in [-0.39, 0.29) is 30.3 Å². The van der Waals surface area contributed by atoms with E-state index in [1.54, 1.807) is 12.1 Å². The predicted molar refractivity (Wildman–Crippen MR) is 130 cm³/mol. The molecule has 11 heteroatoms. The first-order valence-corrected chi connectivity index (χ1v) is 12.7. The van der Waals surface area contributed by atoms with Crippen molar-refractivity contribution in [3.05, 3.63) is 59.0 Å². The van der Waals surface area contributed by atoms with Gasteiger partial charge in [-0.25, -0.2) is 13.8 Å². The van der Waals surface area contributed by atoms with Crippen molar-refractivity contribution < 1.29 is 36.6 Å². The minimum absolute atomic E-state index is 0.00266. The van der Waals surface area contributed by atoms with E-state index in [4.69, 9.17) is 4.74 Å². The molecule has 38 heavy (non-hydrogen) atoms. The van der Waals surface area contributed by atoms with Gasteiger partial charge in [0.25, 0.3) is 0 Å². The molecule has 1 aliphatic carbocycles. The van der Waals surface area contributed by atoms with Gasteiger partial charge in [-0.1, -0.05) is 19.1 Å². The van der Waals surface area contributed by atoms with Gasteiger partial charge >= 0.3 is 6.18 Å². The average Bonchev–Trinajstić information content (AvgIpc) is 2.83. The van der Waals surface area contributed by atoms with Crippen molar-refractivity contribution in [2.75, 3.05) is 6.54 Å². The minimum Gasteiger partial charge on any atom is -0.471 e. The number of hydrogen-bond donors (Lipinski definition) is 3. The highest BCUT2D eigenvalue weighted by atomic mass is 19.4. The molecule has 1 amide bonds. The second-order valence-electron chi connectivity index (χ2n) is 10.4. The van der Waals surface area contributed by atoms with Crippen LogP contribution >= 0.6 is 0 Å². The fraction of sp³-hybridized carbons (Fsp3) is 0.556. The lowest BCUT2D eigenvalue weighted by Crippen LogP contribution is -2.52. The van der Waals surface area contributed by atoms with Gasteiger partial charge in [0, 0.05) is 43.3 Å². The number of aliphatic hydroxyl groups excluding tert-OH is 1. The minimum atomic E-state index is -4.70. The quantitative estimate of drug-likeness (QED) is 0.395. The Balaban J connectivity index is 1.53. The van der Waals surface area contributed by atoms with Crippen LogP contribution in [0.15, 0.2) is 36.5 Å². The van der Waals surface area contributed by atoms with Gasteiger partial charge in [0.2, 0.25) is 11.8 Å². The molecule has 1 aliphatic heterocycles. The first-order chi connectivity index (χ1) is 17.9. The number of aromatic nitrogens is 1. The van der Waals surface area contributed by atoms with Crippen LogP contribution in [0.1, 0.15) is 68.4 Å². The van der Waals surface area contributed by atoms with Crippen molar-refractivity contribution in [2.24, 2.45) is 5.92 Å². The van der Waals surface area contributed by atoms with Gasteiger partial charge in [-0.3, -0.25) is 4.79 Å². The fourth-order valence-corrected chi connectivity index (χ4v) is 5.08. The molecule has 0 bridgehead atoms. The van der Waals surface area contributed by atoms with Crippen LogP contribution in [-0.4, -0.2) is 46.5 Å². The lowest BCUT2D eigenvalue weighted by Gasteiger charge is -2.47. The van der Waals surface area contributed by atoms with Gasteiger partial charge in [0.05, 0.1) is 18.1 Å². The Morgan fingerprint density at radius 2 is 2.03 bits per heavy atom. The molecule has 5 atom stereocenters. The Hall–Kier alpha value is -2.79. The number of fused-ring (bicyclic) bond motifs is 1. The van der Waals surface area contributed by atoms with Crippen molar-refractivity contribution in [2.45, 2.75) is 82.1 Å². The van der Waals surface area contributed by atoms with E-state index in [0.717, 1.165) is 32.4 Å². The van der Waals surface area contributed by atoms with Gasteiger partial charge in [0.15, 0.2) is 0 Å². The molecular formula is C27H32F5N3O3. The SMILES string of the molecule is CC(=O)N[C@@H](Cc1cccc(F)c1)[C@@H](O)CN[C@H]1CC2(CCC2)Oc2ncc([C@@H](F)[C@@H](C)C(F)(F)F)cc21. The Bertz CT molecular complexity index is 1140. The van der Waals surface area contributed by atoms with Gasteiger partial charge < -0.3 is 20.5 Å². The first-order valence-electron chi connectivity index (χ1n) is 12.7. The normalized spacial score (nSPS) is 21.4. The maximum absolute atomic E-state index is 14.8. The summed E-state index contributed by atoms with van der Waals surface area (Å²) < 4.78 is 74.0. The van der Waals surface area contributed by atoms with Crippen LogP contribution in [0.3, 0.4) is 0 Å². The molecule has 208 valence electrons. The third kappa shape index (κ3) is 6.43. The zero-order chi connectivity index (χ0) is 27.7. The average molecular weight is 542 g/mol. The number of nitrogens with zero attached hydrogens (tertiary/aromatic N) is 1. The number of alkyl halides is 4. The highest BCUT2D eigenvalue weighted by Crippen LogP contribution is 2.49. The maximum Gasteiger partial charge on any atom is 0.394 e. The number of carbonyl (C=O) groups excluding carboxylic acids is 1. The van der Waals surface area contributed by atoms with Crippen LogP contribution in [0.2, 0.25) is 0 Å². The van der Waals surface area contributed by atoms with Crippen molar-refractivity contribution in [1.29, 1.82) is 0 Å². The van der Waals surface area contributed by atoms with Crippen molar-refractivity contribution in [3.63, 3.8) is 0 Å². The van der Waals surface area contributed by atoms with E-state index in [1.165, 1.54) is 25.1 Å². The molecule has 0 unspecified atom stereocenters. The summed E-state index contributed by atoms with van der Waals surface area (Å²) in [6.07, 6.45) is -3.84. The molecule has 0 saturated heterocycles. The monoisotopic (exact) mass is 541 g/mol. The zero-order valence-corrected chi connectivity index (χ0v) is 21.2. The number of amides is 1. The second-order valence-corrected chi connectivity index (χ2v) is 10.4. The lowest BCUT2D eigenvalue weighted by atomic mass is 9.73. The van der Waals surface area contributed by atoms with E-state index in [1.807, 2.05) is 0 Å². The number of halogens is 5.